The first-order chi connectivity index (χ1) is 6.34. The Kier molecular flexibility index (Phi) is 3.00. The number of aryl methyl sites for hydroxylation is 1. The summed E-state index contributed by atoms with van der Waals surface area (Å²) in [5.41, 5.74) is 1.96. The quantitative estimate of drug-likeness (QED) is 0.807. The van der Waals surface area contributed by atoms with E-state index in [1.165, 1.54) is 0 Å². The van der Waals surface area contributed by atoms with Crippen LogP contribution in [0.1, 0.15) is 44.7 Å². The van der Waals surface area contributed by atoms with Crippen LogP contribution in [0, 0.1) is 13.8 Å². The molecule has 0 radical (unpaired) electrons. The summed E-state index contributed by atoms with van der Waals surface area (Å²) in [7, 11) is 0. The average Bonchev–Trinajstić information content (AvgIpc) is 2.30. The molecule has 0 aliphatic rings. The van der Waals surface area contributed by atoms with Gasteiger partial charge in [-0.15, -0.1) is 0 Å². The molecule has 0 saturated heterocycles. The predicted molar refractivity (Wildman–Crippen MR) is 57.3 cm³/mol. The minimum absolute atomic E-state index is 0.153. The van der Waals surface area contributed by atoms with Gasteiger partial charge in [-0.2, -0.15) is 0 Å². The Morgan fingerprint density at radius 2 is 1.86 bits per heavy atom. The molecule has 3 nitrogen and oxygen atoms in total. The first-order valence-corrected chi connectivity index (χ1v) is 5.05. The Hall–Kier alpha value is -0.830. The Bertz CT molecular complexity index is 313. The third-order valence-electron chi connectivity index (χ3n) is 2.37. The van der Waals surface area contributed by atoms with Crippen LogP contribution < -0.4 is 5.32 Å². The van der Waals surface area contributed by atoms with Crippen molar-refractivity contribution >= 4 is 0 Å². The van der Waals surface area contributed by atoms with Crippen LogP contribution in [-0.4, -0.2) is 11.2 Å². The third kappa shape index (κ3) is 2.15. The van der Waals surface area contributed by atoms with Gasteiger partial charge in [-0.3, -0.25) is 0 Å². The monoisotopic (exact) mass is 196 g/mol. The van der Waals surface area contributed by atoms with Crippen LogP contribution in [0.4, 0.5) is 0 Å². The van der Waals surface area contributed by atoms with Gasteiger partial charge in [0.2, 0.25) is 0 Å². The highest BCUT2D eigenvalue weighted by Crippen LogP contribution is 2.25. The van der Waals surface area contributed by atoms with E-state index in [1.807, 2.05) is 13.8 Å². The molecule has 0 fully saturated rings. The lowest BCUT2D eigenvalue weighted by molar-refractivity contribution is 0.261. The van der Waals surface area contributed by atoms with Gasteiger partial charge >= 0.3 is 0 Å². The topological polar surface area (TPSA) is 38.1 Å². The van der Waals surface area contributed by atoms with Gasteiger partial charge in [-0.05, 0) is 41.5 Å². The Morgan fingerprint density at radius 1 is 1.29 bits per heavy atom. The van der Waals surface area contributed by atoms with Crippen molar-refractivity contribution in [3.63, 3.8) is 0 Å². The molecule has 1 aromatic rings. The summed E-state index contributed by atoms with van der Waals surface area (Å²) in [4.78, 5) is 0. The van der Waals surface area contributed by atoms with E-state index in [-0.39, 0.29) is 5.54 Å². The number of nitrogens with zero attached hydrogens (tertiary/aromatic N) is 1. The highest BCUT2D eigenvalue weighted by atomic mass is 16.5. The van der Waals surface area contributed by atoms with Crippen molar-refractivity contribution in [1.29, 1.82) is 0 Å². The highest BCUT2D eigenvalue weighted by Gasteiger charge is 2.28. The molecular formula is C11H20N2O. The molecule has 0 atom stereocenters. The number of rotatable bonds is 3. The fraction of sp³-hybridized carbons (Fsp3) is 0.727. The maximum absolute atomic E-state index is 5.35. The largest absolute Gasteiger partial charge is 0.359 e. The zero-order valence-corrected chi connectivity index (χ0v) is 9.93. The molecule has 0 aliphatic carbocycles. The molecule has 0 unspecified atom stereocenters. The summed E-state index contributed by atoms with van der Waals surface area (Å²) in [5.74, 6) is 0.934. The maximum atomic E-state index is 5.35. The van der Waals surface area contributed by atoms with Crippen LogP contribution in [0.15, 0.2) is 4.52 Å². The fourth-order valence-electron chi connectivity index (χ4n) is 1.79. The normalized spacial score (nSPS) is 12.5. The average molecular weight is 196 g/mol. The molecule has 0 aromatic carbocycles. The first-order valence-electron chi connectivity index (χ1n) is 5.05. The van der Waals surface area contributed by atoms with Gasteiger partial charge in [-0.25, -0.2) is 0 Å². The zero-order valence-electron chi connectivity index (χ0n) is 9.93. The van der Waals surface area contributed by atoms with Crippen molar-refractivity contribution in [2.75, 3.05) is 0 Å². The molecule has 1 rings (SSSR count). The van der Waals surface area contributed by atoms with E-state index in [4.69, 9.17) is 4.52 Å². The van der Waals surface area contributed by atoms with Crippen LogP contribution in [0.25, 0.3) is 0 Å². The summed E-state index contributed by atoms with van der Waals surface area (Å²) < 4.78 is 5.35. The third-order valence-corrected chi connectivity index (χ3v) is 2.37. The van der Waals surface area contributed by atoms with Gasteiger partial charge in [-0.1, -0.05) is 5.16 Å². The Labute approximate surface area is 85.9 Å². The van der Waals surface area contributed by atoms with Crippen LogP contribution in [0.3, 0.4) is 0 Å². The Balaban J connectivity index is 2.97. The number of nitrogens with one attached hydrogen (secondary N) is 1. The second-order valence-corrected chi connectivity index (χ2v) is 4.65. The molecule has 14 heavy (non-hydrogen) atoms. The van der Waals surface area contributed by atoms with E-state index in [1.54, 1.807) is 0 Å². The maximum Gasteiger partial charge on any atom is 0.159 e. The van der Waals surface area contributed by atoms with Gasteiger partial charge in [0.05, 0.1) is 11.2 Å². The number of hydrogen-bond donors (Lipinski definition) is 1. The van der Waals surface area contributed by atoms with E-state index in [2.05, 4.69) is 38.2 Å². The second kappa shape index (κ2) is 3.73. The van der Waals surface area contributed by atoms with E-state index >= 15 is 0 Å². The Morgan fingerprint density at radius 3 is 2.21 bits per heavy atom. The minimum Gasteiger partial charge on any atom is -0.359 e. The molecule has 80 valence electrons. The van der Waals surface area contributed by atoms with Gasteiger partial charge in [0.1, 0.15) is 0 Å². The first kappa shape index (κ1) is 11.2. The van der Waals surface area contributed by atoms with E-state index in [9.17, 15) is 0 Å². The van der Waals surface area contributed by atoms with Crippen LogP contribution >= 0.6 is 0 Å². The summed E-state index contributed by atoms with van der Waals surface area (Å²) in [6, 6.07) is 0.426. The molecule has 0 aliphatic heterocycles. The van der Waals surface area contributed by atoms with Gasteiger partial charge in [0.25, 0.3) is 0 Å². The molecule has 0 spiro atoms. The minimum atomic E-state index is -0.153. The van der Waals surface area contributed by atoms with E-state index in [0.717, 1.165) is 17.0 Å². The summed E-state index contributed by atoms with van der Waals surface area (Å²) in [5, 5.41) is 7.43. The van der Waals surface area contributed by atoms with Crippen LogP contribution in [-0.2, 0) is 5.54 Å². The van der Waals surface area contributed by atoms with Gasteiger partial charge in [0.15, 0.2) is 5.76 Å². The summed E-state index contributed by atoms with van der Waals surface area (Å²) in [6.07, 6.45) is 0. The second-order valence-electron chi connectivity index (χ2n) is 4.65. The number of aromatic nitrogens is 1. The van der Waals surface area contributed by atoms with Crippen molar-refractivity contribution in [2.45, 2.75) is 53.1 Å². The molecule has 0 amide bonds. The molecule has 1 aromatic heterocycles. The predicted octanol–water partition coefficient (Wildman–Crippen LogP) is 2.52. The molecule has 0 bridgehead atoms. The smallest absolute Gasteiger partial charge is 0.159 e. The van der Waals surface area contributed by atoms with Crippen LogP contribution in [0.5, 0.6) is 0 Å². The van der Waals surface area contributed by atoms with Crippen molar-refractivity contribution in [3.8, 4) is 0 Å². The van der Waals surface area contributed by atoms with Crippen molar-refractivity contribution in [3.05, 3.63) is 17.0 Å². The summed E-state index contributed by atoms with van der Waals surface area (Å²) in [6.45, 7) is 12.5. The van der Waals surface area contributed by atoms with Crippen LogP contribution in [0.2, 0.25) is 0 Å². The molecular weight excluding hydrogens is 176 g/mol. The zero-order chi connectivity index (χ0) is 10.9. The fourth-order valence-corrected chi connectivity index (χ4v) is 1.79. The lowest BCUT2D eigenvalue weighted by Gasteiger charge is -2.26. The van der Waals surface area contributed by atoms with Gasteiger partial charge in [0, 0.05) is 11.6 Å². The van der Waals surface area contributed by atoms with Gasteiger partial charge < -0.3 is 9.84 Å². The molecule has 1 N–H and O–H groups in total. The van der Waals surface area contributed by atoms with E-state index < -0.39 is 0 Å². The van der Waals surface area contributed by atoms with E-state index in [0.29, 0.717) is 6.04 Å². The lowest BCUT2D eigenvalue weighted by Crippen LogP contribution is -2.41. The number of hydrogen-bond acceptors (Lipinski definition) is 3. The molecule has 1 heterocycles. The summed E-state index contributed by atoms with van der Waals surface area (Å²) >= 11 is 0. The molecule has 3 heteroatoms. The van der Waals surface area contributed by atoms with Crippen molar-refractivity contribution < 1.29 is 4.52 Å². The molecule has 0 saturated carbocycles. The van der Waals surface area contributed by atoms with Crippen molar-refractivity contribution in [1.82, 2.24) is 10.5 Å². The lowest BCUT2D eigenvalue weighted by atomic mass is 9.97. The highest BCUT2D eigenvalue weighted by molar-refractivity contribution is 5.25. The van der Waals surface area contributed by atoms with Crippen molar-refractivity contribution in [2.24, 2.45) is 0 Å². The standard InChI is InChI=1S/C11H20N2O/c1-7(2)12-11(5,6)10-8(3)9(4)13-14-10/h7,12H,1-6H3. The SMILES string of the molecule is Cc1noc(C(C)(C)NC(C)C)c1C.